The maximum atomic E-state index is 9.26. The molecule has 0 aliphatic carbocycles. The van der Waals surface area contributed by atoms with Gasteiger partial charge in [0.05, 0.1) is 5.02 Å². The molecule has 3 aromatic rings. The minimum absolute atomic E-state index is 0.194. The molecule has 0 radical (unpaired) electrons. The number of benzene rings is 2. The van der Waals surface area contributed by atoms with Crippen LogP contribution in [0.15, 0.2) is 51.5 Å². The molecule has 0 bridgehead atoms. The van der Waals surface area contributed by atoms with Gasteiger partial charge in [0.1, 0.15) is 5.75 Å². The van der Waals surface area contributed by atoms with E-state index in [0.717, 1.165) is 15.6 Å². The van der Waals surface area contributed by atoms with E-state index in [0.29, 0.717) is 16.7 Å². The van der Waals surface area contributed by atoms with Crippen LogP contribution in [0.5, 0.6) is 5.75 Å². The Morgan fingerprint density at radius 3 is 2.45 bits per heavy atom. The molecule has 100 valence electrons. The molecule has 0 spiro atoms. The van der Waals surface area contributed by atoms with Crippen LogP contribution in [-0.2, 0) is 0 Å². The standard InChI is InChI=1S/C14H8BrClN2O2/c15-11-7-9(3-6-12(11)16)14-17-13(18-20-14)8-1-4-10(19)5-2-8/h1-7,19H. The number of halogens is 2. The molecule has 0 atom stereocenters. The van der Waals surface area contributed by atoms with Gasteiger partial charge in [-0.2, -0.15) is 4.98 Å². The first-order chi connectivity index (χ1) is 9.63. The van der Waals surface area contributed by atoms with Crippen LogP contribution < -0.4 is 0 Å². The summed E-state index contributed by atoms with van der Waals surface area (Å²) in [6.07, 6.45) is 0. The predicted octanol–water partition coefficient (Wildman–Crippen LogP) is 4.53. The molecule has 0 saturated carbocycles. The second kappa shape index (κ2) is 5.26. The van der Waals surface area contributed by atoms with Crippen LogP contribution in [0.2, 0.25) is 5.02 Å². The topological polar surface area (TPSA) is 59.2 Å². The monoisotopic (exact) mass is 350 g/mol. The smallest absolute Gasteiger partial charge is 0.258 e. The van der Waals surface area contributed by atoms with Crippen LogP contribution in [0.1, 0.15) is 0 Å². The molecule has 0 unspecified atom stereocenters. The number of phenolic OH excluding ortho intramolecular Hbond substituents is 1. The highest BCUT2D eigenvalue weighted by atomic mass is 79.9. The van der Waals surface area contributed by atoms with Crippen LogP contribution in [0.3, 0.4) is 0 Å². The second-order valence-corrected chi connectivity index (χ2v) is 5.36. The lowest BCUT2D eigenvalue weighted by Gasteiger charge is -1.97. The van der Waals surface area contributed by atoms with Crippen LogP contribution in [-0.4, -0.2) is 15.2 Å². The third-order valence-electron chi connectivity index (χ3n) is 2.72. The summed E-state index contributed by atoms with van der Waals surface area (Å²) in [6, 6.07) is 12.0. The van der Waals surface area contributed by atoms with Crippen LogP contribution in [0.25, 0.3) is 22.8 Å². The van der Waals surface area contributed by atoms with Gasteiger partial charge in [-0.05, 0) is 58.4 Å². The first kappa shape index (κ1) is 13.1. The van der Waals surface area contributed by atoms with Crippen molar-refractivity contribution in [1.82, 2.24) is 10.1 Å². The Kier molecular flexibility index (Phi) is 3.46. The van der Waals surface area contributed by atoms with E-state index in [4.69, 9.17) is 16.1 Å². The molecule has 4 nitrogen and oxygen atoms in total. The van der Waals surface area contributed by atoms with Gasteiger partial charge < -0.3 is 9.63 Å². The number of aromatic nitrogens is 2. The highest BCUT2D eigenvalue weighted by Gasteiger charge is 2.11. The molecule has 20 heavy (non-hydrogen) atoms. The maximum absolute atomic E-state index is 9.26. The number of nitrogens with zero attached hydrogens (tertiary/aromatic N) is 2. The predicted molar refractivity (Wildman–Crippen MR) is 79.5 cm³/mol. The first-order valence-corrected chi connectivity index (χ1v) is 6.89. The SMILES string of the molecule is Oc1ccc(-c2noc(-c3ccc(Cl)c(Br)c3)n2)cc1. The van der Waals surface area contributed by atoms with Crippen molar-refractivity contribution in [3.8, 4) is 28.6 Å². The quantitative estimate of drug-likeness (QED) is 0.737. The van der Waals surface area contributed by atoms with Crippen molar-refractivity contribution in [2.24, 2.45) is 0 Å². The number of aromatic hydroxyl groups is 1. The molecule has 1 aromatic heterocycles. The van der Waals surface area contributed by atoms with E-state index < -0.39 is 0 Å². The molecule has 2 aromatic carbocycles. The fourth-order valence-corrected chi connectivity index (χ4v) is 2.19. The minimum Gasteiger partial charge on any atom is -0.508 e. The zero-order chi connectivity index (χ0) is 14.1. The summed E-state index contributed by atoms with van der Waals surface area (Å²) in [6.45, 7) is 0. The highest BCUT2D eigenvalue weighted by molar-refractivity contribution is 9.10. The van der Waals surface area contributed by atoms with E-state index in [9.17, 15) is 5.11 Å². The summed E-state index contributed by atoms with van der Waals surface area (Å²) in [5.41, 5.74) is 1.55. The zero-order valence-electron chi connectivity index (χ0n) is 10.0. The van der Waals surface area contributed by atoms with Gasteiger partial charge in [0.25, 0.3) is 5.89 Å². The van der Waals surface area contributed by atoms with E-state index in [-0.39, 0.29) is 5.75 Å². The second-order valence-electron chi connectivity index (χ2n) is 4.10. The van der Waals surface area contributed by atoms with Gasteiger partial charge in [-0.15, -0.1) is 0 Å². The van der Waals surface area contributed by atoms with Crippen molar-refractivity contribution in [2.75, 3.05) is 0 Å². The van der Waals surface area contributed by atoms with Crippen molar-refractivity contribution >= 4 is 27.5 Å². The van der Waals surface area contributed by atoms with Crippen molar-refractivity contribution in [1.29, 1.82) is 0 Å². The molecule has 3 rings (SSSR count). The third kappa shape index (κ3) is 2.55. The van der Waals surface area contributed by atoms with Gasteiger partial charge in [-0.25, -0.2) is 0 Å². The Labute approximate surface area is 128 Å². The van der Waals surface area contributed by atoms with Crippen LogP contribution >= 0.6 is 27.5 Å². The van der Waals surface area contributed by atoms with Crippen molar-refractivity contribution < 1.29 is 9.63 Å². The fourth-order valence-electron chi connectivity index (χ4n) is 1.70. The van der Waals surface area contributed by atoms with Gasteiger partial charge >= 0.3 is 0 Å². The van der Waals surface area contributed by atoms with E-state index in [2.05, 4.69) is 26.1 Å². The number of hydrogen-bond acceptors (Lipinski definition) is 4. The first-order valence-electron chi connectivity index (χ1n) is 5.72. The molecule has 1 N–H and O–H groups in total. The zero-order valence-corrected chi connectivity index (χ0v) is 12.4. The van der Waals surface area contributed by atoms with E-state index in [1.165, 1.54) is 0 Å². The Hall–Kier alpha value is -1.85. The van der Waals surface area contributed by atoms with Gasteiger partial charge in [0, 0.05) is 15.6 Å². The minimum atomic E-state index is 0.194. The maximum Gasteiger partial charge on any atom is 0.258 e. The van der Waals surface area contributed by atoms with Crippen molar-refractivity contribution in [3.05, 3.63) is 52.0 Å². The molecular weight excluding hydrogens is 344 g/mol. The van der Waals surface area contributed by atoms with Gasteiger partial charge in [-0.1, -0.05) is 16.8 Å². The average molecular weight is 352 g/mol. The summed E-state index contributed by atoms with van der Waals surface area (Å²) in [4.78, 5) is 4.33. The van der Waals surface area contributed by atoms with Crippen LogP contribution in [0.4, 0.5) is 0 Å². The number of rotatable bonds is 2. The Balaban J connectivity index is 1.97. The lowest BCUT2D eigenvalue weighted by Crippen LogP contribution is -1.81. The Morgan fingerprint density at radius 2 is 1.75 bits per heavy atom. The number of phenols is 1. The largest absolute Gasteiger partial charge is 0.508 e. The van der Waals surface area contributed by atoms with Gasteiger partial charge in [0.15, 0.2) is 0 Å². The Morgan fingerprint density at radius 1 is 1.05 bits per heavy atom. The lowest BCUT2D eigenvalue weighted by molar-refractivity contribution is 0.432. The molecule has 0 aliphatic heterocycles. The summed E-state index contributed by atoms with van der Waals surface area (Å²) >= 11 is 9.30. The lowest BCUT2D eigenvalue weighted by atomic mass is 10.2. The van der Waals surface area contributed by atoms with Crippen molar-refractivity contribution in [2.45, 2.75) is 0 Å². The summed E-state index contributed by atoms with van der Waals surface area (Å²) in [5.74, 6) is 1.07. The van der Waals surface area contributed by atoms with Crippen LogP contribution in [0, 0.1) is 0 Å². The fraction of sp³-hybridized carbons (Fsp3) is 0. The normalized spacial score (nSPS) is 10.7. The van der Waals surface area contributed by atoms with Gasteiger partial charge in [-0.3, -0.25) is 0 Å². The summed E-state index contributed by atoms with van der Waals surface area (Å²) in [7, 11) is 0. The van der Waals surface area contributed by atoms with E-state index >= 15 is 0 Å². The number of hydrogen-bond donors (Lipinski definition) is 1. The van der Waals surface area contributed by atoms with Gasteiger partial charge in [0.2, 0.25) is 5.82 Å². The van der Waals surface area contributed by atoms with E-state index in [1.807, 2.05) is 6.07 Å². The molecule has 0 amide bonds. The molecule has 6 heteroatoms. The molecule has 0 saturated heterocycles. The third-order valence-corrected chi connectivity index (χ3v) is 3.93. The molecular formula is C14H8BrClN2O2. The summed E-state index contributed by atoms with van der Waals surface area (Å²) < 4.78 is 6.01. The van der Waals surface area contributed by atoms with Crippen molar-refractivity contribution in [3.63, 3.8) is 0 Å². The average Bonchev–Trinajstić information content (AvgIpc) is 2.92. The highest BCUT2D eigenvalue weighted by Crippen LogP contribution is 2.29. The molecule has 0 fully saturated rings. The summed E-state index contributed by atoms with van der Waals surface area (Å²) in [5, 5.41) is 13.8. The van der Waals surface area contributed by atoms with E-state index in [1.54, 1.807) is 36.4 Å². The Bertz CT molecular complexity index is 756. The molecule has 0 aliphatic rings. The molecule has 1 heterocycles.